The highest BCUT2D eigenvalue weighted by Gasteiger charge is 2.30. The number of nitro groups is 1. The monoisotopic (exact) mass is 504 g/mol. The maximum absolute atomic E-state index is 12.4. The van der Waals surface area contributed by atoms with Crippen molar-refractivity contribution >= 4 is 23.7 Å². The number of nitrogens with zero attached hydrogens (tertiary/aromatic N) is 1. The van der Waals surface area contributed by atoms with E-state index in [2.05, 4.69) is 5.32 Å². The van der Waals surface area contributed by atoms with E-state index in [0.717, 1.165) is 22.3 Å². The van der Waals surface area contributed by atoms with Crippen LogP contribution in [0.3, 0.4) is 0 Å². The number of carbonyl (C=O) groups excluding carboxylic acids is 2. The minimum absolute atomic E-state index is 0.0180. The molecule has 37 heavy (non-hydrogen) atoms. The quantitative estimate of drug-likeness (QED) is 0.235. The number of carbonyl (C=O) groups is 3. The molecule has 2 N–H and O–H groups in total. The highest BCUT2D eigenvalue weighted by Crippen LogP contribution is 2.44. The SMILES string of the molecule is O=C(CC[C@H](NC(=O)OCC1c2ccccc2-c2ccccc21)C(=O)O)OCc1ccccc1[N+](=O)[O-]. The van der Waals surface area contributed by atoms with Gasteiger partial charge in [0.05, 0.1) is 10.5 Å². The van der Waals surface area contributed by atoms with Crippen molar-refractivity contribution in [2.75, 3.05) is 6.61 Å². The predicted molar refractivity (Wildman–Crippen MR) is 132 cm³/mol. The van der Waals surface area contributed by atoms with Crippen molar-refractivity contribution < 1.29 is 33.9 Å². The molecule has 1 amide bonds. The highest BCUT2D eigenvalue weighted by molar-refractivity contribution is 5.81. The van der Waals surface area contributed by atoms with E-state index < -0.39 is 29.0 Å². The third-order valence-corrected chi connectivity index (χ3v) is 6.15. The number of para-hydroxylation sites is 1. The van der Waals surface area contributed by atoms with Crippen LogP contribution in [0, 0.1) is 10.1 Å². The molecular formula is C27H24N2O8. The van der Waals surface area contributed by atoms with Crippen molar-refractivity contribution in [3.63, 3.8) is 0 Å². The van der Waals surface area contributed by atoms with Crippen LogP contribution in [0.5, 0.6) is 0 Å². The van der Waals surface area contributed by atoms with Crippen LogP contribution < -0.4 is 5.32 Å². The summed E-state index contributed by atoms with van der Waals surface area (Å²) >= 11 is 0. The summed E-state index contributed by atoms with van der Waals surface area (Å²) in [6.45, 7) is -0.308. The average Bonchev–Trinajstić information content (AvgIpc) is 3.22. The van der Waals surface area contributed by atoms with Crippen LogP contribution in [0.1, 0.15) is 35.4 Å². The fourth-order valence-electron chi connectivity index (χ4n) is 4.34. The van der Waals surface area contributed by atoms with Crippen LogP contribution in [0.15, 0.2) is 72.8 Å². The van der Waals surface area contributed by atoms with Crippen LogP contribution >= 0.6 is 0 Å². The van der Waals surface area contributed by atoms with E-state index in [1.54, 1.807) is 6.07 Å². The number of rotatable bonds is 10. The first-order chi connectivity index (χ1) is 17.8. The number of esters is 1. The Kier molecular flexibility index (Phi) is 7.77. The van der Waals surface area contributed by atoms with E-state index in [-0.39, 0.29) is 43.2 Å². The molecule has 0 radical (unpaired) electrons. The third kappa shape index (κ3) is 5.92. The number of amides is 1. The summed E-state index contributed by atoms with van der Waals surface area (Å²) in [4.78, 5) is 46.7. The number of nitro benzene ring substituents is 1. The summed E-state index contributed by atoms with van der Waals surface area (Å²) in [6.07, 6.45) is -1.47. The fraction of sp³-hybridized carbons (Fsp3) is 0.222. The highest BCUT2D eigenvalue weighted by atomic mass is 16.6. The van der Waals surface area contributed by atoms with Crippen molar-refractivity contribution in [1.82, 2.24) is 5.32 Å². The van der Waals surface area contributed by atoms with Crippen LogP contribution in [-0.2, 0) is 25.7 Å². The standard InChI is InChI=1S/C27H24N2O8/c30-25(36-15-17-7-1-6-12-24(17)29(34)35)14-13-23(26(31)32)28-27(33)37-16-22-20-10-4-2-8-18(20)19-9-3-5-11-21(19)22/h1-12,22-23H,13-16H2,(H,28,33)(H,31,32)/t23-/m0/s1. The van der Waals surface area contributed by atoms with Crippen LogP contribution in [0.4, 0.5) is 10.5 Å². The zero-order chi connectivity index (χ0) is 26.4. The molecule has 1 aliphatic rings. The molecule has 0 heterocycles. The zero-order valence-electron chi connectivity index (χ0n) is 19.7. The summed E-state index contributed by atoms with van der Waals surface area (Å²) in [5.41, 5.74) is 4.20. The second kappa shape index (κ2) is 11.3. The van der Waals surface area contributed by atoms with Gasteiger partial charge in [0.2, 0.25) is 0 Å². The minimum Gasteiger partial charge on any atom is -0.480 e. The molecule has 10 heteroatoms. The van der Waals surface area contributed by atoms with E-state index in [4.69, 9.17) is 9.47 Å². The molecule has 0 aromatic heterocycles. The van der Waals surface area contributed by atoms with Gasteiger partial charge in [0.25, 0.3) is 5.69 Å². The maximum atomic E-state index is 12.4. The normalized spacial score (nSPS) is 12.6. The molecule has 3 aromatic carbocycles. The molecule has 0 aliphatic heterocycles. The van der Waals surface area contributed by atoms with Crippen molar-refractivity contribution in [2.45, 2.75) is 31.4 Å². The Bertz CT molecular complexity index is 1290. The Balaban J connectivity index is 1.29. The Hall–Kier alpha value is -4.73. The first-order valence-corrected chi connectivity index (χ1v) is 11.6. The van der Waals surface area contributed by atoms with Crippen molar-refractivity contribution in [3.8, 4) is 11.1 Å². The van der Waals surface area contributed by atoms with E-state index in [0.29, 0.717) is 0 Å². The maximum Gasteiger partial charge on any atom is 0.407 e. The van der Waals surface area contributed by atoms with Gasteiger partial charge in [-0.15, -0.1) is 0 Å². The number of nitrogens with one attached hydrogen (secondary N) is 1. The van der Waals surface area contributed by atoms with E-state index >= 15 is 0 Å². The van der Waals surface area contributed by atoms with Crippen molar-refractivity contribution in [1.29, 1.82) is 0 Å². The van der Waals surface area contributed by atoms with Gasteiger partial charge < -0.3 is 19.9 Å². The number of fused-ring (bicyclic) bond motifs is 3. The summed E-state index contributed by atoms with van der Waals surface area (Å²) < 4.78 is 10.4. The molecule has 0 saturated carbocycles. The largest absolute Gasteiger partial charge is 0.480 e. The Labute approximate surface area is 212 Å². The molecular weight excluding hydrogens is 480 g/mol. The van der Waals surface area contributed by atoms with Gasteiger partial charge in [-0.05, 0) is 34.7 Å². The van der Waals surface area contributed by atoms with Gasteiger partial charge in [-0.25, -0.2) is 9.59 Å². The summed E-state index contributed by atoms with van der Waals surface area (Å²) in [6, 6.07) is 20.1. The van der Waals surface area contributed by atoms with Crippen LogP contribution in [0.25, 0.3) is 11.1 Å². The van der Waals surface area contributed by atoms with Gasteiger partial charge >= 0.3 is 18.0 Å². The van der Waals surface area contributed by atoms with Gasteiger partial charge in [-0.1, -0.05) is 60.7 Å². The number of hydrogen-bond acceptors (Lipinski definition) is 7. The Morgan fingerprint density at radius 1 is 0.919 bits per heavy atom. The summed E-state index contributed by atoms with van der Waals surface area (Å²) in [7, 11) is 0. The molecule has 3 aromatic rings. The Morgan fingerprint density at radius 3 is 2.14 bits per heavy atom. The van der Waals surface area contributed by atoms with E-state index in [9.17, 15) is 29.6 Å². The fourth-order valence-corrected chi connectivity index (χ4v) is 4.34. The topological polar surface area (TPSA) is 145 Å². The average molecular weight is 504 g/mol. The van der Waals surface area contributed by atoms with Gasteiger partial charge in [0.1, 0.15) is 19.3 Å². The molecule has 0 spiro atoms. The molecule has 0 fully saturated rings. The van der Waals surface area contributed by atoms with E-state index in [1.165, 1.54) is 18.2 Å². The molecule has 0 saturated heterocycles. The molecule has 0 bridgehead atoms. The molecule has 10 nitrogen and oxygen atoms in total. The molecule has 1 aliphatic carbocycles. The van der Waals surface area contributed by atoms with Crippen molar-refractivity contribution in [2.24, 2.45) is 0 Å². The van der Waals surface area contributed by atoms with Crippen LogP contribution in [0.2, 0.25) is 0 Å². The Morgan fingerprint density at radius 2 is 1.51 bits per heavy atom. The number of aliphatic carboxylic acids is 1. The second-order valence-corrected chi connectivity index (χ2v) is 8.45. The molecule has 1 atom stereocenters. The predicted octanol–water partition coefficient (Wildman–Crippen LogP) is 4.41. The number of ether oxygens (including phenoxy) is 2. The third-order valence-electron chi connectivity index (χ3n) is 6.15. The van der Waals surface area contributed by atoms with Gasteiger partial charge in [0.15, 0.2) is 0 Å². The lowest BCUT2D eigenvalue weighted by Crippen LogP contribution is -2.41. The molecule has 4 rings (SSSR count). The van der Waals surface area contributed by atoms with E-state index in [1.807, 2.05) is 48.5 Å². The molecule has 190 valence electrons. The van der Waals surface area contributed by atoms with Gasteiger partial charge in [0, 0.05) is 18.4 Å². The first-order valence-electron chi connectivity index (χ1n) is 11.6. The smallest absolute Gasteiger partial charge is 0.407 e. The van der Waals surface area contributed by atoms with Gasteiger partial charge in [-0.3, -0.25) is 14.9 Å². The lowest BCUT2D eigenvalue weighted by atomic mass is 9.98. The first kappa shape index (κ1) is 25.4. The van der Waals surface area contributed by atoms with Gasteiger partial charge in [-0.2, -0.15) is 0 Å². The molecule has 0 unspecified atom stereocenters. The number of benzene rings is 3. The summed E-state index contributed by atoms with van der Waals surface area (Å²) in [5.74, 6) is -2.27. The number of carboxylic acids is 1. The number of carboxylic acid groups (broad SMARTS) is 1. The minimum atomic E-state index is -1.38. The second-order valence-electron chi connectivity index (χ2n) is 8.45. The number of alkyl carbamates (subject to hydrolysis) is 1. The lowest BCUT2D eigenvalue weighted by molar-refractivity contribution is -0.385. The number of hydrogen-bond donors (Lipinski definition) is 2. The summed E-state index contributed by atoms with van der Waals surface area (Å²) in [5, 5.41) is 22.8. The van der Waals surface area contributed by atoms with Crippen molar-refractivity contribution in [3.05, 3.63) is 99.6 Å². The van der Waals surface area contributed by atoms with Crippen LogP contribution in [-0.4, -0.2) is 40.7 Å². The zero-order valence-corrected chi connectivity index (χ0v) is 19.7. The lowest BCUT2D eigenvalue weighted by Gasteiger charge is -2.17.